The first-order chi connectivity index (χ1) is 13.7. The molecule has 2 saturated heterocycles. The van der Waals surface area contributed by atoms with Gasteiger partial charge in [-0.25, -0.2) is 4.98 Å². The largest absolute Gasteiger partial charge is 0.379 e. The second-order valence-electron chi connectivity index (χ2n) is 7.23. The molecule has 150 valence electrons. The minimum absolute atomic E-state index is 0.152. The Morgan fingerprint density at radius 2 is 1.64 bits per heavy atom. The number of carbonyl (C=O) groups is 2. The summed E-state index contributed by atoms with van der Waals surface area (Å²) in [5, 5.41) is 1.01. The van der Waals surface area contributed by atoms with Crippen molar-refractivity contribution in [3.8, 4) is 0 Å². The molecule has 0 unspecified atom stereocenters. The van der Waals surface area contributed by atoms with Crippen molar-refractivity contribution >= 4 is 33.4 Å². The van der Waals surface area contributed by atoms with Gasteiger partial charge in [-0.15, -0.1) is 11.3 Å². The van der Waals surface area contributed by atoms with Crippen molar-refractivity contribution < 1.29 is 14.3 Å². The van der Waals surface area contributed by atoms with Crippen LogP contribution in [0.3, 0.4) is 0 Å². The van der Waals surface area contributed by atoms with E-state index in [1.54, 1.807) is 11.3 Å². The minimum atomic E-state index is 0.152. The molecule has 2 amide bonds. The molecular weight excluding hydrogens is 376 g/mol. The van der Waals surface area contributed by atoms with Crippen LogP contribution in [0.5, 0.6) is 0 Å². The van der Waals surface area contributed by atoms with Crippen molar-refractivity contribution in [1.29, 1.82) is 0 Å². The Morgan fingerprint density at radius 3 is 2.36 bits per heavy atom. The Morgan fingerprint density at radius 1 is 0.964 bits per heavy atom. The summed E-state index contributed by atoms with van der Waals surface area (Å²) in [6.45, 7) is 5.96. The van der Waals surface area contributed by atoms with Gasteiger partial charge in [0, 0.05) is 52.1 Å². The van der Waals surface area contributed by atoms with E-state index >= 15 is 0 Å². The highest BCUT2D eigenvalue weighted by atomic mass is 32.1. The normalized spacial score (nSPS) is 18.6. The van der Waals surface area contributed by atoms with Crippen LogP contribution < -0.4 is 0 Å². The van der Waals surface area contributed by atoms with E-state index < -0.39 is 0 Å². The van der Waals surface area contributed by atoms with Crippen molar-refractivity contribution in [2.45, 2.75) is 12.8 Å². The first-order valence-electron chi connectivity index (χ1n) is 9.89. The number of ether oxygens (including phenoxy) is 1. The lowest BCUT2D eigenvalue weighted by Gasteiger charge is -2.36. The number of piperazine rings is 1. The number of para-hydroxylation sites is 1. The number of fused-ring (bicyclic) bond motifs is 1. The third-order valence-corrected chi connectivity index (χ3v) is 6.43. The Labute approximate surface area is 168 Å². The van der Waals surface area contributed by atoms with Crippen LogP contribution in [-0.4, -0.2) is 90.5 Å². The molecule has 0 bridgehead atoms. The highest BCUT2D eigenvalue weighted by Gasteiger charge is 2.25. The minimum Gasteiger partial charge on any atom is -0.379 e. The van der Waals surface area contributed by atoms with Gasteiger partial charge >= 0.3 is 0 Å². The second kappa shape index (κ2) is 8.98. The average molecular weight is 403 g/mol. The molecule has 0 radical (unpaired) electrons. The molecular formula is C20H26N4O3S. The van der Waals surface area contributed by atoms with Crippen LogP contribution >= 0.6 is 11.3 Å². The molecule has 0 saturated carbocycles. The molecule has 3 heterocycles. The van der Waals surface area contributed by atoms with Gasteiger partial charge in [-0.3, -0.25) is 14.5 Å². The van der Waals surface area contributed by atoms with Crippen LogP contribution in [0.25, 0.3) is 10.2 Å². The van der Waals surface area contributed by atoms with Gasteiger partial charge in [0.15, 0.2) is 0 Å². The number of aryl methyl sites for hydroxylation is 1. The molecule has 28 heavy (non-hydrogen) atoms. The van der Waals surface area contributed by atoms with Gasteiger partial charge in [0.1, 0.15) is 0 Å². The lowest BCUT2D eigenvalue weighted by atomic mass is 10.2. The van der Waals surface area contributed by atoms with Crippen molar-refractivity contribution in [2.75, 3.05) is 59.0 Å². The lowest BCUT2D eigenvalue weighted by molar-refractivity contribution is -0.140. The van der Waals surface area contributed by atoms with Gasteiger partial charge in [0.05, 0.1) is 35.0 Å². The van der Waals surface area contributed by atoms with Gasteiger partial charge in [-0.05, 0) is 12.1 Å². The summed E-state index contributed by atoms with van der Waals surface area (Å²) in [5.41, 5.74) is 1.00. The summed E-state index contributed by atoms with van der Waals surface area (Å²) >= 11 is 1.66. The van der Waals surface area contributed by atoms with Gasteiger partial charge in [-0.2, -0.15) is 0 Å². The highest BCUT2D eigenvalue weighted by molar-refractivity contribution is 7.18. The summed E-state index contributed by atoms with van der Waals surface area (Å²) < 4.78 is 6.49. The highest BCUT2D eigenvalue weighted by Crippen LogP contribution is 2.22. The van der Waals surface area contributed by atoms with Crippen molar-refractivity contribution in [2.24, 2.45) is 0 Å². The molecule has 7 nitrogen and oxygen atoms in total. The number of amides is 2. The second-order valence-corrected chi connectivity index (χ2v) is 8.34. The number of rotatable bonds is 5. The summed E-state index contributed by atoms with van der Waals surface area (Å²) in [4.78, 5) is 35.5. The number of carbonyl (C=O) groups excluding carboxylic acids is 2. The van der Waals surface area contributed by atoms with Gasteiger partial charge < -0.3 is 14.5 Å². The van der Waals surface area contributed by atoms with E-state index in [-0.39, 0.29) is 11.8 Å². The standard InChI is InChI=1S/C20H26N4O3S/c25-19(6-5-18-21-16-3-1-2-4-17(16)28-18)23-7-9-24(10-8-23)20(26)15-22-11-13-27-14-12-22/h1-4H,5-15H2. The Bertz CT molecular complexity index is 793. The van der Waals surface area contributed by atoms with Crippen molar-refractivity contribution in [1.82, 2.24) is 19.7 Å². The maximum absolute atomic E-state index is 12.6. The van der Waals surface area contributed by atoms with Crippen LogP contribution in [0.2, 0.25) is 0 Å². The molecule has 0 atom stereocenters. The smallest absolute Gasteiger partial charge is 0.236 e. The van der Waals surface area contributed by atoms with Crippen LogP contribution in [-0.2, 0) is 20.7 Å². The number of hydrogen-bond acceptors (Lipinski definition) is 6. The number of morpholine rings is 1. The van der Waals surface area contributed by atoms with E-state index in [2.05, 4.69) is 16.0 Å². The first kappa shape index (κ1) is 19.3. The Kier molecular flexibility index (Phi) is 6.19. The number of hydrogen-bond donors (Lipinski definition) is 0. The molecule has 2 aliphatic rings. The lowest BCUT2D eigenvalue weighted by Crippen LogP contribution is -2.53. The van der Waals surface area contributed by atoms with Gasteiger partial charge in [-0.1, -0.05) is 12.1 Å². The zero-order chi connectivity index (χ0) is 19.3. The first-order valence-corrected chi connectivity index (χ1v) is 10.7. The molecule has 0 N–H and O–H groups in total. The van der Waals surface area contributed by atoms with Crippen LogP contribution in [0, 0.1) is 0 Å². The zero-order valence-electron chi connectivity index (χ0n) is 16.0. The number of benzene rings is 1. The van der Waals surface area contributed by atoms with Gasteiger partial charge in [0.25, 0.3) is 0 Å². The Hall–Kier alpha value is -2.03. The fourth-order valence-electron chi connectivity index (χ4n) is 3.65. The maximum Gasteiger partial charge on any atom is 0.236 e. The maximum atomic E-state index is 12.6. The predicted molar refractivity (Wildman–Crippen MR) is 108 cm³/mol. The van der Waals surface area contributed by atoms with E-state index in [0.717, 1.165) is 28.3 Å². The summed E-state index contributed by atoms with van der Waals surface area (Å²) in [7, 11) is 0. The zero-order valence-corrected chi connectivity index (χ0v) is 16.8. The van der Waals surface area contributed by atoms with Crippen molar-refractivity contribution in [3.05, 3.63) is 29.3 Å². The number of nitrogens with zero attached hydrogens (tertiary/aromatic N) is 4. The number of thiazole rings is 1. The molecule has 1 aromatic carbocycles. The third-order valence-electron chi connectivity index (χ3n) is 5.34. The molecule has 2 fully saturated rings. The van der Waals surface area contributed by atoms with E-state index in [4.69, 9.17) is 4.74 Å². The van der Waals surface area contributed by atoms with Crippen molar-refractivity contribution in [3.63, 3.8) is 0 Å². The molecule has 0 aliphatic carbocycles. The quantitative estimate of drug-likeness (QED) is 0.753. The third kappa shape index (κ3) is 4.68. The van der Waals surface area contributed by atoms with Crippen LogP contribution in [0.15, 0.2) is 24.3 Å². The fourth-order valence-corrected chi connectivity index (χ4v) is 4.62. The molecule has 8 heteroatoms. The molecule has 4 rings (SSSR count). The topological polar surface area (TPSA) is 66.0 Å². The molecule has 1 aromatic heterocycles. The average Bonchev–Trinajstić information content (AvgIpc) is 3.16. The Balaban J connectivity index is 1.21. The van der Waals surface area contributed by atoms with E-state index in [1.165, 1.54) is 0 Å². The monoisotopic (exact) mass is 402 g/mol. The van der Waals surface area contributed by atoms with E-state index in [1.807, 2.05) is 28.0 Å². The van der Waals surface area contributed by atoms with Crippen LogP contribution in [0.4, 0.5) is 0 Å². The molecule has 0 spiro atoms. The summed E-state index contributed by atoms with van der Waals surface area (Å²) in [6.07, 6.45) is 1.15. The predicted octanol–water partition coefficient (Wildman–Crippen LogP) is 1.23. The molecule has 2 aliphatic heterocycles. The van der Waals surface area contributed by atoms with E-state index in [9.17, 15) is 9.59 Å². The SMILES string of the molecule is O=C(CCc1nc2ccccc2s1)N1CCN(C(=O)CN2CCOCC2)CC1. The number of aromatic nitrogens is 1. The summed E-state index contributed by atoms with van der Waals surface area (Å²) in [6, 6.07) is 8.06. The summed E-state index contributed by atoms with van der Waals surface area (Å²) in [5.74, 6) is 0.308. The van der Waals surface area contributed by atoms with Gasteiger partial charge in [0.2, 0.25) is 11.8 Å². The van der Waals surface area contributed by atoms with E-state index in [0.29, 0.717) is 58.8 Å². The van der Waals surface area contributed by atoms with Crippen LogP contribution in [0.1, 0.15) is 11.4 Å². The fraction of sp³-hybridized carbons (Fsp3) is 0.550. The molecule has 2 aromatic rings.